The van der Waals surface area contributed by atoms with Gasteiger partial charge < -0.3 is 19.9 Å². The number of anilines is 2. The molecule has 2 fully saturated rings. The number of amides is 3. The third kappa shape index (κ3) is 4.24. The van der Waals surface area contributed by atoms with E-state index in [1.54, 1.807) is 7.05 Å². The Balaban J connectivity index is 1.57. The smallest absolute Gasteiger partial charge is 0.320 e. The number of nitrogens with zero attached hydrogens (tertiary/aromatic N) is 4. The van der Waals surface area contributed by atoms with Gasteiger partial charge in [0.25, 0.3) is 5.91 Å². The number of urea groups is 1. The highest BCUT2D eigenvalue weighted by Gasteiger charge is 2.41. The minimum absolute atomic E-state index is 0.0522. The second kappa shape index (κ2) is 8.81. The molecule has 34 heavy (non-hydrogen) atoms. The first-order valence-electron chi connectivity index (χ1n) is 12.0. The quantitative estimate of drug-likeness (QED) is 0.672. The van der Waals surface area contributed by atoms with Crippen LogP contribution >= 0.6 is 11.3 Å². The van der Waals surface area contributed by atoms with Crippen molar-refractivity contribution in [2.24, 2.45) is 5.92 Å². The summed E-state index contributed by atoms with van der Waals surface area (Å²) in [6.07, 6.45) is 2.49. The van der Waals surface area contributed by atoms with Crippen LogP contribution < -0.4 is 15.5 Å². The van der Waals surface area contributed by atoms with Gasteiger partial charge in [-0.3, -0.25) is 10.1 Å². The van der Waals surface area contributed by atoms with Gasteiger partial charge in [0.1, 0.15) is 5.82 Å². The number of carbonyl (C=O) groups excluding carboxylic acids is 2. The van der Waals surface area contributed by atoms with Gasteiger partial charge in [0.2, 0.25) is 0 Å². The SMILES string of the molecule is CNC(=O)Nc1nc(C)c(-c2cc3c(c(N4C[C@@H](C)O[C@@H](C)C4)n2)C(=O)N([C@@H](C)C2CC2)C3)s1. The second-order valence-electron chi connectivity index (χ2n) is 9.68. The number of hydrogen-bond acceptors (Lipinski definition) is 7. The Morgan fingerprint density at radius 3 is 2.59 bits per heavy atom. The first kappa shape index (κ1) is 23.0. The van der Waals surface area contributed by atoms with Crippen molar-refractivity contribution < 1.29 is 14.3 Å². The lowest BCUT2D eigenvalue weighted by atomic mass is 10.1. The molecule has 10 heteroatoms. The van der Waals surface area contributed by atoms with Gasteiger partial charge in [-0.2, -0.15) is 0 Å². The zero-order valence-electron chi connectivity index (χ0n) is 20.3. The Kier molecular flexibility index (Phi) is 5.97. The Morgan fingerprint density at radius 2 is 1.94 bits per heavy atom. The lowest BCUT2D eigenvalue weighted by molar-refractivity contribution is -0.00552. The van der Waals surface area contributed by atoms with E-state index in [0.717, 1.165) is 33.2 Å². The fourth-order valence-corrected chi connectivity index (χ4v) is 5.97. The van der Waals surface area contributed by atoms with Crippen molar-refractivity contribution in [3.8, 4) is 10.6 Å². The molecule has 3 atom stereocenters. The maximum atomic E-state index is 13.6. The maximum absolute atomic E-state index is 13.6. The van der Waals surface area contributed by atoms with E-state index in [9.17, 15) is 9.59 Å². The van der Waals surface area contributed by atoms with Crippen LogP contribution in [-0.2, 0) is 11.3 Å². The average Bonchev–Trinajstić information content (AvgIpc) is 3.50. The summed E-state index contributed by atoms with van der Waals surface area (Å²) in [7, 11) is 1.57. The zero-order chi connectivity index (χ0) is 24.1. The number of carbonyl (C=O) groups is 2. The van der Waals surface area contributed by atoms with E-state index in [1.165, 1.54) is 24.2 Å². The Hall–Kier alpha value is -2.72. The number of rotatable bonds is 5. The number of aromatic nitrogens is 2. The number of thiazole rings is 1. The van der Waals surface area contributed by atoms with Crippen molar-refractivity contribution in [2.45, 2.75) is 65.3 Å². The summed E-state index contributed by atoms with van der Waals surface area (Å²) in [5.74, 6) is 1.41. The molecular weight excluding hydrogens is 452 g/mol. The van der Waals surface area contributed by atoms with Crippen molar-refractivity contribution in [1.82, 2.24) is 20.2 Å². The van der Waals surface area contributed by atoms with Crippen molar-refractivity contribution >= 4 is 34.2 Å². The maximum Gasteiger partial charge on any atom is 0.320 e. The van der Waals surface area contributed by atoms with E-state index < -0.39 is 0 Å². The highest BCUT2D eigenvalue weighted by atomic mass is 32.1. The highest BCUT2D eigenvalue weighted by molar-refractivity contribution is 7.19. The molecule has 182 valence electrons. The number of nitrogens with one attached hydrogen (secondary N) is 2. The van der Waals surface area contributed by atoms with Crippen molar-refractivity contribution in [3.05, 3.63) is 22.9 Å². The Bertz CT molecular complexity index is 1120. The van der Waals surface area contributed by atoms with Crippen LogP contribution in [0.15, 0.2) is 6.07 Å². The molecule has 1 aliphatic carbocycles. The Morgan fingerprint density at radius 1 is 1.24 bits per heavy atom. The lowest BCUT2D eigenvalue weighted by Crippen LogP contribution is -2.46. The van der Waals surface area contributed by atoms with Crippen molar-refractivity contribution in [2.75, 3.05) is 30.4 Å². The normalized spacial score (nSPS) is 23.1. The molecule has 4 heterocycles. The molecule has 2 N–H and O–H groups in total. The Labute approximate surface area is 203 Å². The molecular formula is C24H32N6O3S. The van der Waals surface area contributed by atoms with Crippen LogP contribution in [0.25, 0.3) is 10.6 Å². The predicted molar refractivity (Wildman–Crippen MR) is 132 cm³/mol. The molecule has 2 aliphatic heterocycles. The average molecular weight is 485 g/mol. The van der Waals surface area contributed by atoms with Crippen LogP contribution in [0.2, 0.25) is 0 Å². The van der Waals surface area contributed by atoms with Gasteiger partial charge in [0, 0.05) is 32.7 Å². The van der Waals surface area contributed by atoms with Crippen LogP contribution in [0.4, 0.5) is 15.7 Å². The molecule has 2 aromatic heterocycles. The summed E-state index contributed by atoms with van der Waals surface area (Å²) in [5.41, 5.74) is 3.32. The van der Waals surface area contributed by atoms with Gasteiger partial charge in [-0.15, -0.1) is 0 Å². The van der Waals surface area contributed by atoms with E-state index in [1.807, 2.05) is 17.9 Å². The largest absolute Gasteiger partial charge is 0.372 e. The molecule has 9 nitrogen and oxygen atoms in total. The fourth-order valence-electron chi connectivity index (χ4n) is 5.04. The van der Waals surface area contributed by atoms with Gasteiger partial charge in [-0.25, -0.2) is 14.8 Å². The van der Waals surface area contributed by atoms with Gasteiger partial charge in [-0.1, -0.05) is 11.3 Å². The lowest BCUT2D eigenvalue weighted by Gasteiger charge is -2.37. The standard InChI is InChI=1S/C24H32N6O3S/c1-12-9-29(10-13(2)33-12)21-19-17(11-30(22(19)31)15(4)16-6-7-16)8-18(27-21)20-14(3)26-24(34-20)28-23(32)25-5/h8,12-13,15-16H,6-7,9-11H2,1-5H3,(H2,25,26,28,32)/t12-,13+,15-/m0/s1. The van der Waals surface area contributed by atoms with E-state index in [2.05, 4.69) is 41.3 Å². The molecule has 1 saturated heterocycles. The van der Waals surface area contributed by atoms with Crippen LogP contribution in [0.3, 0.4) is 0 Å². The molecule has 3 amide bonds. The molecule has 0 spiro atoms. The summed E-state index contributed by atoms with van der Waals surface area (Å²) >= 11 is 1.39. The fraction of sp³-hybridized carbons (Fsp3) is 0.583. The third-order valence-corrected chi connectivity index (χ3v) is 7.98. The van der Waals surface area contributed by atoms with E-state index >= 15 is 0 Å². The van der Waals surface area contributed by atoms with Crippen LogP contribution in [-0.4, -0.2) is 65.2 Å². The molecule has 5 rings (SSSR count). The number of pyridine rings is 1. The molecule has 0 aromatic carbocycles. The molecule has 1 saturated carbocycles. The first-order chi connectivity index (χ1) is 16.2. The van der Waals surface area contributed by atoms with Crippen LogP contribution in [0, 0.1) is 12.8 Å². The summed E-state index contributed by atoms with van der Waals surface area (Å²) in [5, 5.41) is 5.82. The van der Waals surface area contributed by atoms with Gasteiger partial charge in [-0.05, 0) is 58.1 Å². The highest BCUT2D eigenvalue weighted by Crippen LogP contribution is 2.42. The van der Waals surface area contributed by atoms with E-state index in [-0.39, 0.29) is 30.2 Å². The number of aryl methyl sites for hydroxylation is 1. The molecule has 3 aliphatic rings. The van der Waals surface area contributed by atoms with Gasteiger partial charge in [0.05, 0.1) is 34.0 Å². The molecule has 0 bridgehead atoms. The van der Waals surface area contributed by atoms with Crippen molar-refractivity contribution in [3.63, 3.8) is 0 Å². The second-order valence-corrected chi connectivity index (χ2v) is 10.7. The molecule has 0 unspecified atom stereocenters. The molecule has 2 aromatic rings. The summed E-state index contributed by atoms with van der Waals surface area (Å²) in [6, 6.07) is 1.95. The van der Waals surface area contributed by atoms with Crippen LogP contribution in [0.1, 0.15) is 55.2 Å². The summed E-state index contributed by atoms with van der Waals surface area (Å²) < 4.78 is 5.95. The first-order valence-corrected chi connectivity index (χ1v) is 12.8. The zero-order valence-corrected chi connectivity index (χ0v) is 21.2. The number of morpholine rings is 1. The third-order valence-electron chi connectivity index (χ3n) is 6.89. The monoisotopic (exact) mass is 484 g/mol. The van der Waals surface area contributed by atoms with E-state index in [0.29, 0.717) is 30.7 Å². The van der Waals surface area contributed by atoms with Crippen LogP contribution in [0.5, 0.6) is 0 Å². The number of hydrogen-bond donors (Lipinski definition) is 2. The van der Waals surface area contributed by atoms with Gasteiger partial charge >= 0.3 is 6.03 Å². The summed E-state index contributed by atoms with van der Waals surface area (Å²) in [6.45, 7) is 10.2. The summed E-state index contributed by atoms with van der Waals surface area (Å²) in [4.78, 5) is 40.1. The predicted octanol–water partition coefficient (Wildman–Crippen LogP) is 3.63. The van der Waals surface area contributed by atoms with Gasteiger partial charge in [0.15, 0.2) is 5.13 Å². The van der Waals surface area contributed by atoms with E-state index in [4.69, 9.17) is 9.72 Å². The number of fused-ring (bicyclic) bond motifs is 1. The van der Waals surface area contributed by atoms with Crippen molar-refractivity contribution in [1.29, 1.82) is 0 Å². The molecule has 0 radical (unpaired) electrons. The topological polar surface area (TPSA) is 99.7 Å². The minimum atomic E-state index is -0.311. The number of ether oxygens (including phenoxy) is 1. The minimum Gasteiger partial charge on any atom is -0.372 e.